The summed E-state index contributed by atoms with van der Waals surface area (Å²) in [5.41, 5.74) is 5.45. The lowest BCUT2D eigenvalue weighted by Crippen LogP contribution is -2.33. The van der Waals surface area contributed by atoms with Crippen LogP contribution in [0.3, 0.4) is 0 Å². The molecule has 2 heteroatoms. The molecule has 0 unspecified atom stereocenters. The molecule has 0 heterocycles. The van der Waals surface area contributed by atoms with Crippen LogP contribution < -0.4 is 0 Å². The summed E-state index contributed by atoms with van der Waals surface area (Å²) < 4.78 is 0. The Morgan fingerprint density at radius 2 is 1.74 bits per heavy atom. The Labute approximate surface area is 117 Å². The molecule has 0 N–H and O–H groups in total. The van der Waals surface area contributed by atoms with Gasteiger partial charge in [-0.2, -0.15) is 5.26 Å². The van der Waals surface area contributed by atoms with E-state index in [1.807, 2.05) is 0 Å². The highest BCUT2D eigenvalue weighted by Gasteiger charge is 2.23. The highest BCUT2D eigenvalue weighted by Crippen LogP contribution is 2.26. The molecule has 2 nitrogen and oxygen atoms in total. The van der Waals surface area contributed by atoms with E-state index in [1.54, 1.807) is 0 Å². The maximum Gasteiger partial charge on any atom is 0.0871 e. The Balaban J connectivity index is 2.19. The molecule has 102 valence electrons. The van der Waals surface area contributed by atoms with E-state index < -0.39 is 0 Å². The van der Waals surface area contributed by atoms with E-state index >= 15 is 0 Å². The van der Waals surface area contributed by atoms with E-state index in [1.165, 1.54) is 47.9 Å². The van der Waals surface area contributed by atoms with Crippen molar-refractivity contribution in [1.82, 2.24) is 4.90 Å². The molecule has 0 amide bonds. The number of hydrogen-bond acceptors (Lipinski definition) is 2. The zero-order valence-corrected chi connectivity index (χ0v) is 12.4. The first-order valence-electron chi connectivity index (χ1n) is 7.29. The van der Waals surface area contributed by atoms with Crippen LogP contribution in [0.25, 0.3) is 0 Å². The van der Waals surface area contributed by atoms with Gasteiger partial charge in [-0.15, -0.1) is 0 Å². The van der Waals surface area contributed by atoms with Crippen LogP contribution in [0.1, 0.15) is 47.9 Å². The smallest absolute Gasteiger partial charge is 0.0871 e. The summed E-state index contributed by atoms with van der Waals surface area (Å²) in [6.07, 6.45) is 5.15. The van der Waals surface area contributed by atoms with Crippen molar-refractivity contribution < 1.29 is 0 Å². The summed E-state index contributed by atoms with van der Waals surface area (Å²) >= 11 is 0. The minimum absolute atomic E-state index is 0.553. The van der Waals surface area contributed by atoms with Gasteiger partial charge in [0.2, 0.25) is 0 Å². The number of nitriles is 1. The molecule has 1 aliphatic rings. The van der Waals surface area contributed by atoms with Crippen molar-refractivity contribution in [2.24, 2.45) is 0 Å². The molecule has 1 fully saturated rings. The van der Waals surface area contributed by atoms with Crippen LogP contribution in [-0.2, 0) is 6.54 Å². The first-order chi connectivity index (χ1) is 9.11. The van der Waals surface area contributed by atoms with E-state index in [0.29, 0.717) is 12.6 Å². The van der Waals surface area contributed by atoms with Gasteiger partial charge < -0.3 is 0 Å². The average molecular weight is 256 g/mol. The second-order valence-corrected chi connectivity index (χ2v) is 5.88. The van der Waals surface area contributed by atoms with Crippen molar-refractivity contribution in [3.05, 3.63) is 34.4 Å². The average Bonchev–Trinajstić information content (AvgIpc) is 2.85. The van der Waals surface area contributed by atoms with Crippen molar-refractivity contribution in [1.29, 1.82) is 5.26 Å². The van der Waals surface area contributed by atoms with Crippen molar-refractivity contribution in [2.45, 2.75) is 59.0 Å². The maximum atomic E-state index is 9.07. The molecule has 2 rings (SSSR count). The van der Waals surface area contributed by atoms with Crippen molar-refractivity contribution in [2.75, 3.05) is 6.54 Å². The Kier molecular flexibility index (Phi) is 4.61. The fourth-order valence-corrected chi connectivity index (χ4v) is 3.34. The number of hydrogen-bond donors (Lipinski definition) is 0. The number of aryl methyl sites for hydroxylation is 3. The fraction of sp³-hybridized carbons (Fsp3) is 0.588. The molecule has 0 radical (unpaired) electrons. The normalized spacial score (nSPS) is 15.9. The summed E-state index contributed by atoms with van der Waals surface area (Å²) in [4.78, 5) is 2.37. The van der Waals surface area contributed by atoms with Crippen LogP contribution in [-0.4, -0.2) is 17.5 Å². The van der Waals surface area contributed by atoms with Crippen LogP contribution in [0, 0.1) is 32.1 Å². The van der Waals surface area contributed by atoms with Gasteiger partial charge in [0.05, 0.1) is 12.6 Å². The highest BCUT2D eigenvalue weighted by atomic mass is 15.2. The monoisotopic (exact) mass is 256 g/mol. The first kappa shape index (κ1) is 14.1. The van der Waals surface area contributed by atoms with Crippen LogP contribution in [0.15, 0.2) is 12.1 Å². The van der Waals surface area contributed by atoms with Gasteiger partial charge in [0.1, 0.15) is 0 Å². The lowest BCUT2D eigenvalue weighted by atomic mass is 9.98. The third kappa shape index (κ3) is 3.36. The summed E-state index contributed by atoms with van der Waals surface area (Å²) in [7, 11) is 0. The molecule has 1 aliphatic carbocycles. The highest BCUT2D eigenvalue weighted by molar-refractivity contribution is 5.37. The third-order valence-corrected chi connectivity index (χ3v) is 4.32. The third-order valence-electron chi connectivity index (χ3n) is 4.32. The predicted octanol–water partition coefficient (Wildman–Crippen LogP) is 3.88. The Morgan fingerprint density at radius 1 is 1.16 bits per heavy atom. The zero-order chi connectivity index (χ0) is 13.8. The van der Waals surface area contributed by atoms with Crippen molar-refractivity contribution >= 4 is 0 Å². The molecule has 1 aromatic carbocycles. The topological polar surface area (TPSA) is 27.0 Å². The predicted molar refractivity (Wildman–Crippen MR) is 78.9 cm³/mol. The van der Waals surface area contributed by atoms with Gasteiger partial charge in [-0.1, -0.05) is 30.5 Å². The van der Waals surface area contributed by atoms with Crippen LogP contribution in [0.4, 0.5) is 0 Å². The molecule has 0 spiro atoms. The molecule has 0 saturated heterocycles. The minimum atomic E-state index is 0.553. The molecule has 19 heavy (non-hydrogen) atoms. The van der Waals surface area contributed by atoms with Gasteiger partial charge >= 0.3 is 0 Å². The number of benzene rings is 1. The molecular weight excluding hydrogens is 232 g/mol. The minimum Gasteiger partial charge on any atom is -0.283 e. The van der Waals surface area contributed by atoms with Crippen LogP contribution in [0.5, 0.6) is 0 Å². The van der Waals surface area contributed by atoms with Gasteiger partial charge in [0, 0.05) is 12.6 Å². The van der Waals surface area contributed by atoms with E-state index in [9.17, 15) is 0 Å². The molecule has 1 saturated carbocycles. The van der Waals surface area contributed by atoms with E-state index in [2.05, 4.69) is 43.9 Å². The summed E-state index contributed by atoms with van der Waals surface area (Å²) in [5, 5.41) is 9.07. The van der Waals surface area contributed by atoms with Gasteiger partial charge in [-0.05, 0) is 50.3 Å². The standard InChI is InChI=1S/C17H24N2/c1-13-10-14(2)17(15(3)11-13)12-19(9-8-18)16-6-4-5-7-16/h10-11,16H,4-7,9,12H2,1-3H3. The molecule has 0 bridgehead atoms. The van der Waals surface area contributed by atoms with E-state index in [4.69, 9.17) is 5.26 Å². The lowest BCUT2D eigenvalue weighted by molar-refractivity contribution is 0.213. The lowest BCUT2D eigenvalue weighted by Gasteiger charge is -2.27. The summed E-state index contributed by atoms with van der Waals surface area (Å²) in [6.45, 7) is 8.00. The van der Waals surface area contributed by atoms with Gasteiger partial charge in [-0.25, -0.2) is 0 Å². The summed E-state index contributed by atoms with van der Waals surface area (Å²) in [6, 6.07) is 7.46. The second-order valence-electron chi connectivity index (χ2n) is 5.88. The fourth-order valence-electron chi connectivity index (χ4n) is 3.34. The van der Waals surface area contributed by atoms with Gasteiger partial charge in [0.25, 0.3) is 0 Å². The quantitative estimate of drug-likeness (QED) is 0.764. The molecule has 0 atom stereocenters. The van der Waals surface area contributed by atoms with E-state index in [-0.39, 0.29) is 0 Å². The zero-order valence-electron chi connectivity index (χ0n) is 12.4. The van der Waals surface area contributed by atoms with Crippen LogP contribution in [0.2, 0.25) is 0 Å². The largest absolute Gasteiger partial charge is 0.283 e. The van der Waals surface area contributed by atoms with Crippen molar-refractivity contribution in [3.8, 4) is 6.07 Å². The van der Waals surface area contributed by atoms with Crippen molar-refractivity contribution in [3.63, 3.8) is 0 Å². The number of nitrogens with zero attached hydrogens (tertiary/aromatic N) is 2. The molecule has 0 aromatic heterocycles. The molecule has 0 aliphatic heterocycles. The maximum absolute atomic E-state index is 9.07. The van der Waals surface area contributed by atoms with Crippen LogP contribution >= 0.6 is 0 Å². The van der Waals surface area contributed by atoms with E-state index in [0.717, 1.165) is 6.54 Å². The SMILES string of the molecule is Cc1cc(C)c(CN(CC#N)C2CCCC2)c(C)c1. The van der Waals surface area contributed by atoms with Gasteiger partial charge in [-0.3, -0.25) is 4.90 Å². The summed E-state index contributed by atoms with van der Waals surface area (Å²) in [5.74, 6) is 0. The molecule has 1 aromatic rings. The molecular formula is C17H24N2. The second kappa shape index (κ2) is 6.21. The number of rotatable bonds is 4. The first-order valence-corrected chi connectivity index (χ1v) is 7.29. The Hall–Kier alpha value is -1.33. The van der Waals surface area contributed by atoms with Gasteiger partial charge in [0.15, 0.2) is 0 Å². The Bertz CT molecular complexity index is 456. The Morgan fingerprint density at radius 3 is 2.26 bits per heavy atom.